The maximum atomic E-state index is 10.8. The average molecular weight is 204 g/mol. The van der Waals surface area contributed by atoms with Crippen molar-refractivity contribution >= 4 is 11.7 Å². The maximum absolute atomic E-state index is 10.8. The largest absolute Gasteiger partial charge is 0.478 e. The summed E-state index contributed by atoms with van der Waals surface area (Å²) in [6, 6.07) is 1.64. The first kappa shape index (κ1) is 11.1. The highest BCUT2D eigenvalue weighted by Gasteiger charge is 2.08. The third-order valence-electron chi connectivity index (χ3n) is 1.79. The predicted molar refractivity (Wildman–Crippen MR) is 57.8 cm³/mol. The lowest BCUT2D eigenvalue weighted by Crippen LogP contribution is -2.07. The SMILES string of the molecule is CC#CCCNc1ccncc1C(=O)O. The zero-order valence-corrected chi connectivity index (χ0v) is 8.45. The van der Waals surface area contributed by atoms with E-state index in [1.54, 1.807) is 19.2 Å². The van der Waals surface area contributed by atoms with Crippen LogP contribution in [0.15, 0.2) is 18.5 Å². The van der Waals surface area contributed by atoms with E-state index in [4.69, 9.17) is 5.11 Å². The zero-order valence-electron chi connectivity index (χ0n) is 8.45. The van der Waals surface area contributed by atoms with Gasteiger partial charge in [0.15, 0.2) is 0 Å². The van der Waals surface area contributed by atoms with Gasteiger partial charge in [-0.1, -0.05) is 0 Å². The lowest BCUT2D eigenvalue weighted by atomic mass is 10.2. The van der Waals surface area contributed by atoms with Crippen molar-refractivity contribution in [2.75, 3.05) is 11.9 Å². The molecule has 0 fully saturated rings. The van der Waals surface area contributed by atoms with E-state index < -0.39 is 5.97 Å². The molecule has 0 saturated carbocycles. The third-order valence-corrected chi connectivity index (χ3v) is 1.79. The summed E-state index contributed by atoms with van der Waals surface area (Å²) < 4.78 is 0. The Hall–Kier alpha value is -2.02. The van der Waals surface area contributed by atoms with Gasteiger partial charge in [0.25, 0.3) is 0 Å². The molecule has 1 rings (SSSR count). The Morgan fingerprint density at radius 3 is 3.13 bits per heavy atom. The van der Waals surface area contributed by atoms with Crippen molar-refractivity contribution < 1.29 is 9.90 Å². The Labute approximate surface area is 88.3 Å². The molecule has 0 atom stereocenters. The van der Waals surface area contributed by atoms with Crippen molar-refractivity contribution in [3.05, 3.63) is 24.0 Å². The molecule has 1 aromatic rings. The van der Waals surface area contributed by atoms with Crippen molar-refractivity contribution in [3.8, 4) is 11.8 Å². The van der Waals surface area contributed by atoms with Crippen LogP contribution in [-0.2, 0) is 0 Å². The van der Waals surface area contributed by atoms with Gasteiger partial charge in [0.1, 0.15) is 5.56 Å². The van der Waals surface area contributed by atoms with Crippen LogP contribution >= 0.6 is 0 Å². The van der Waals surface area contributed by atoms with E-state index in [2.05, 4.69) is 22.1 Å². The highest BCUT2D eigenvalue weighted by molar-refractivity contribution is 5.93. The number of aromatic carboxylic acids is 1. The monoisotopic (exact) mass is 204 g/mol. The van der Waals surface area contributed by atoms with Crippen molar-refractivity contribution in [2.24, 2.45) is 0 Å². The summed E-state index contributed by atoms with van der Waals surface area (Å²) in [6.07, 6.45) is 3.58. The number of hydrogen-bond acceptors (Lipinski definition) is 3. The smallest absolute Gasteiger partial charge is 0.339 e. The molecule has 0 aliphatic carbocycles. The summed E-state index contributed by atoms with van der Waals surface area (Å²) in [5.74, 6) is 4.68. The maximum Gasteiger partial charge on any atom is 0.339 e. The summed E-state index contributed by atoms with van der Waals surface area (Å²) in [5.41, 5.74) is 0.761. The molecule has 0 aliphatic heterocycles. The van der Waals surface area contributed by atoms with E-state index in [1.165, 1.54) is 6.20 Å². The zero-order chi connectivity index (χ0) is 11.1. The lowest BCUT2D eigenvalue weighted by Gasteiger charge is -2.06. The van der Waals surface area contributed by atoms with Gasteiger partial charge in [0.05, 0.1) is 5.69 Å². The first-order chi connectivity index (χ1) is 7.25. The lowest BCUT2D eigenvalue weighted by molar-refractivity contribution is 0.0697. The first-order valence-corrected chi connectivity index (χ1v) is 4.56. The van der Waals surface area contributed by atoms with E-state index in [9.17, 15) is 4.79 Å². The topological polar surface area (TPSA) is 62.2 Å². The van der Waals surface area contributed by atoms with Crippen molar-refractivity contribution in [1.29, 1.82) is 0 Å². The molecular weight excluding hydrogens is 192 g/mol. The molecule has 0 spiro atoms. The van der Waals surface area contributed by atoms with Gasteiger partial charge in [-0.25, -0.2) is 4.79 Å². The van der Waals surface area contributed by atoms with Crippen LogP contribution in [0.5, 0.6) is 0 Å². The first-order valence-electron chi connectivity index (χ1n) is 4.56. The molecule has 15 heavy (non-hydrogen) atoms. The van der Waals surface area contributed by atoms with Crippen LogP contribution in [0.3, 0.4) is 0 Å². The highest BCUT2D eigenvalue weighted by atomic mass is 16.4. The summed E-state index contributed by atoms with van der Waals surface area (Å²) in [6.45, 7) is 2.40. The molecule has 0 radical (unpaired) electrons. The second kappa shape index (κ2) is 5.66. The van der Waals surface area contributed by atoms with E-state index in [0.29, 0.717) is 18.7 Å². The Morgan fingerprint density at radius 1 is 1.67 bits per heavy atom. The Bertz CT molecular complexity index is 405. The number of carboxylic acid groups (broad SMARTS) is 1. The minimum atomic E-state index is -0.979. The van der Waals surface area contributed by atoms with Crippen LogP contribution in [-0.4, -0.2) is 22.6 Å². The quantitative estimate of drug-likeness (QED) is 0.577. The summed E-state index contributed by atoms with van der Waals surface area (Å²) >= 11 is 0. The Balaban J connectivity index is 2.66. The van der Waals surface area contributed by atoms with Crippen molar-refractivity contribution in [3.63, 3.8) is 0 Å². The molecule has 2 N–H and O–H groups in total. The molecule has 1 heterocycles. The van der Waals surface area contributed by atoms with Crippen LogP contribution in [0.2, 0.25) is 0 Å². The van der Waals surface area contributed by atoms with Crippen LogP contribution in [0.4, 0.5) is 5.69 Å². The molecule has 0 aromatic carbocycles. The van der Waals surface area contributed by atoms with Crippen LogP contribution < -0.4 is 5.32 Å². The number of nitrogens with one attached hydrogen (secondary N) is 1. The number of rotatable bonds is 4. The Kier molecular flexibility index (Phi) is 4.17. The number of aromatic nitrogens is 1. The molecule has 0 bridgehead atoms. The fourth-order valence-electron chi connectivity index (χ4n) is 1.10. The van der Waals surface area contributed by atoms with Crippen LogP contribution in [0, 0.1) is 11.8 Å². The number of carboxylic acids is 1. The summed E-state index contributed by atoms with van der Waals surface area (Å²) in [4.78, 5) is 14.6. The van der Waals surface area contributed by atoms with Crippen LogP contribution in [0.25, 0.3) is 0 Å². The average Bonchev–Trinajstić information content (AvgIpc) is 2.25. The van der Waals surface area contributed by atoms with Gasteiger partial charge in [-0.2, -0.15) is 0 Å². The fourth-order valence-corrected chi connectivity index (χ4v) is 1.10. The van der Waals surface area contributed by atoms with E-state index in [1.807, 2.05) is 0 Å². The van der Waals surface area contributed by atoms with E-state index >= 15 is 0 Å². The number of carbonyl (C=O) groups is 1. The van der Waals surface area contributed by atoms with Gasteiger partial charge in [-0.15, -0.1) is 11.8 Å². The second-order valence-electron chi connectivity index (χ2n) is 2.83. The standard InChI is InChI=1S/C11H12N2O2/c1-2-3-4-6-13-10-5-7-12-8-9(10)11(14)15/h5,7-8H,4,6H2,1H3,(H,12,13)(H,14,15). The number of anilines is 1. The Morgan fingerprint density at radius 2 is 2.47 bits per heavy atom. The van der Waals surface area contributed by atoms with Crippen molar-refractivity contribution in [2.45, 2.75) is 13.3 Å². The molecule has 1 aromatic heterocycles. The van der Waals surface area contributed by atoms with Gasteiger partial charge in [-0.3, -0.25) is 4.98 Å². The molecular formula is C11H12N2O2. The molecule has 4 heteroatoms. The molecule has 0 amide bonds. The van der Waals surface area contributed by atoms with E-state index in [-0.39, 0.29) is 5.56 Å². The fraction of sp³-hybridized carbons (Fsp3) is 0.273. The van der Waals surface area contributed by atoms with Gasteiger partial charge >= 0.3 is 5.97 Å². The van der Waals surface area contributed by atoms with Gasteiger partial charge in [0.2, 0.25) is 0 Å². The highest BCUT2D eigenvalue weighted by Crippen LogP contribution is 2.12. The normalized spacial score (nSPS) is 8.87. The molecule has 0 saturated heterocycles. The van der Waals surface area contributed by atoms with Crippen molar-refractivity contribution in [1.82, 2.24) is 4.98 Å². The predicted octanol–water partition coefficient (Wildman–Crippen LogP) is 1.61. The third kappa shape index (κ3) is 3.31. The summed E-state index contributed by atoms with van der Waals surface area (Å²) in [5, 5.41) is 11.9. The number of hydrogen-bond donors (Lipinski definition) is 2. The molecule has 4 nitrogen and oxygen atoms in total. The van der Waals surface area contributed by atoms with Gasteiger partial charge in [-0.05, 0) is 13.0 Å². The number of nitrogens with zero attached hydrogens (tertiary/aromatic N) is 1. The molecule has 0 aliphatic rings. The summed E-state index contributed by atoms with van der Waals surface area (Å²) in [7, 11) is 0. The van der Waals surface area contributed by atoms with Gasteiger partial charge in [0, 0.05) is 25.4 Å². The van der Waals surface area contributed by atoms with Crippen LogP contribution in [0.1, 0.15) is 23.7 Å². The number of pyridine rings is 1. The minimum absolute atomic E-state index is 0.182. The van der Waals surface area contributed by atoms with E-state index in [0.717, 1.165) is 0 Å². The second-order valence-corrected chi connectivity index (χ2v) is 2.83. The molecule has 0 unspecified atom stereocenters. The molecule has 78 valence electrons. The minimum Gasteiger partial charge on any atom is -0.478 e. The van der Waals surface area contributed by atoms with Gasteiger partial charge < -0.3 is 10.4 Å².